The van der Waals surface area contributed by atoms with Crippen molar-refractivity contribution in [3.8, 4) is 0 Å². The van der Waals surface area contributed by atoms with Crippen molar-refractivity contribution in [1.82, 2.24) is 16.0 Å². The average molecular weight is 403 g/mol. The van der Waals surface area contributed by atoms with Crippen molar-refractivity contribution in [2.75, 3.05) is 20.2 Å². The van der Waals surface area contributed by atoms with Crippen LogP contribution in [-0.2, 0) is 11.3 Å². The lowest BCUT2D eigenvalue weighted by Crippen LogP contribution is -2.41. The maximum absolute atomic E-state index is 12.4. The van der Waals surface area contributed by atoms with Crippen LogP contribution in [-0.4, -0.2) is 44.2 Å². The Kier molecular flexibility index (Phi) is 9.98. The average Bonchev–Trinajstić information content (AvgIpc) is 3.23. The van der Waals surface area contributed by atoms with Gasteiger partial charge < -0.3 is 20.7 Å². The number of nitrogens with zero attached hydrogens (tertiary/aromatic N) is 1. The molecule has 1 amide bonds. The Hall–Kier alpha value is -2.08. The molecule has 162 valence electrons. The van der Waals surface area contributed by atoms with Crippen LogP contribution in [0.1, 0.15) is 68.8 Å². The highest BCUT2D eigenvalue weighted by atomic mass is 16.5. The minimum Gasteiger partial charge on any atom is -0.376 e. The molecule has 1 aliphatic rings. The summed E-state index contributed by atoms with van der Waals surface area (Å²) in [5.41, 5.74) is 1.72. The van der Waals surface area contributed by atoms with Gasteiger partial charge in [0, 0.05) is 38.3 Å². The van der Waals surface area contributed by atoms with Crippen LogP contribution in [0.4, 0.5) is 0 Å². The molecule has 29 heavy (non-hydrogen) atoms. The highest BCUT2D eigenvalue weighted by Crippen LogP contribution is 2.11. The fourth-order valence-corrected chi connectivity index (χ4v) is 3.45. The molecule has 2 unspecified atom stereocenters. The highest BCUT2D eigenvalue weighted by molar-refractivity contribution is 5.94. The number of amides is 1. The number of carbonyl (C=O) groups is 1. The Balaban J connectivity index is 1.78. The van der Waals surface area contributed by atoms with Gasteiger partial charge in [0.25, 0.3) is 5.91 Å². The molecule has 1 heterocycles. The number of nitrogens with one attached hydrogen (secondary N) is 3. The molecule has 1 aromatic carbocycles. The van der Waals surface area contributed by atoms with E-state index in [0.717, 1.165) is 43.3 Å². The number of hydrogen-bond donors (Lipinski definition) is 3. The third-order valence-electron chi connectivity index (χ3n) is 5.19. The van der Waals surface area contributed by atoms with E-state index in [1.54, 1.807) is 7.05 Å². The molecule has 3 N–H and O–H groups in total. The van der Waals surface area contributed by atoms with E-state index in [0.29, 0.717) is 24.7 Å². The van der Waals surface area contributed by atoms with Crippen molar-refractivity contribution in [3.63, 3.8) is 0 Å². The molecule has 2 rings (SSSR count). The number of carbonyl (C=O) groups excluding carboxylic acids is 1. The van der Waals surface area contributed by atoms with Crippen LogP contribution in [0.25, 0.3) is 0 Å². The lowest BCUT2D eigenvalue weighted by Gasteiger charge is -2.18. The topological polar surface area (TPSA) is 74.8 Å². The Morgan fingerprint density at radius 2 is 2.07 bits per heavy atom. The van der Waals surface area contributed by atoms with Crippen LogP contribution < -0.4 is 16.0 Å². The van der Waals surface area contributed by atoms with Gasteiger partial charge in [0.2, 0.25) is 0 Å². The molecule has 0 aliphatic carbocycles. The van der Waals surface area contributed by atoms with Crippen molar-refractivity contribution >= 4 is 11.9 Å². The van der Waals surface area contributed by atoms with Gasteiger partial charge in [-0.25, -0.2) is 0 Å². The van der Waals surface area contributed by atoms with Gasteiger partial charge in [0.05, 0.1) is 6.10 Å². The fourth-order valence-electron chi connectivity index (χ4n) is 3.45. The molecule has 6 nitrogen and oxygen atoms in total. The number of aliphatic imine (C=N–C) groups is 1. The lowest BCUT2D eigenvalue weighted by atomic mass is 10.0. The van der Waals surface area contributed by atoms with Crippen molar-refractivity contribution < 1.29 is 9.53 Å². The van der Waals surface area contributed by atoms with Crippen LogP contribution in [0.2, 0.25) is 0 Å². The maximum atomic E-state index is 12.4. The monoisotopic (exact) mass is 402 g/mol. The zero-order valence-electron chi connectivity index (χ0n) is 18.5. The van der Waals surface area contributed by atoms with Crippen molar-refractivity contribution in [1.29, 1.82) is 0 Å². The van der Waals surface area contributed by atoms with Crippen molar-refractivity contribution in [3.05, 3.63) is 35.4 Å². The Morgan fingerprint density at radius 3 is 2.76 bits per heavy atom. The standard InChI is InChI=1S/C23H38N4O2/c1-17(2)8-5-9-18(3)27-23(24-4)26-15-19-10-6-11-20(14-19)22(28)25-16-21-12-7-13-29-21/h6,10-11,14,17-18,21H,5,7-9,12-13,15-16H2,1-4H3,(H,25,28)(H2,24,26,27). The zero-order valence-corrected chi connectivity index (χ0v) is 18.5. The quantitative estimate of drug-likeness (QED) is 0.414. The van der Waals surface area contributed by atoms with Crippen LogP contribution in [0.15, 0.2) is 29.3 Å². The lowest BCUT2D eigenvalue weighted by molar-refractivity contribution is 0.0857. The first-order valence-electron chi connectivity index (χ1n) is 10.9. The van der Waals surface area contributed by atoms with Gasteiger partial charge in [-0.15, -0.1) is 0 Å². The first-order valence-corrected chi connectivity index (χ1v) is 10.9. The Bertz CT molecular complexity index is 654. The van der Waals surface area contributed by atoms with Gasteiger partial charge in [-0.2, -0.15) is 0 Å². The summed E-state index contributed by atoms with van der Waals surface area (Å²) in [4.78, 5) is 16.7. The van der Waals surface area contributed by atoms with Crippen LogP contribution >= 0.6 is 0 Å². The number of benzene rings is 1. The molecule has 0 aromatic heterocycles. The summed E-state index contributed by atoms with van der Waals surface area (Å²) in [7, 11) is 1.78. The predicted molar refractivity (Wildman–Crippen MR) is 119 cm³/mol. The van der Waals surface area contributed by atoms with Crippen LogP contribution in [0, 0.1) is 5.92 Å². The highest BCUT2D eigenvalue weighted by Gasteiger charge is 2.16. The van der Waals surface area contributed by atoms with Gasteiger partial charge in [-0.1, -0.05) is 38.8 Å². The third kappa shape index (κ3) is 8.86. The van der Waals surface area contributed by atoms with E-state index in [1.165, 1.54) is 12.8 Å². The molecule has 2 atom stereocenters. The summed E-state index contributed by atoms with van der Waals surface area (Å²) in [6.45, 7) is 8.70. The molecule has 0 radical (unpaired) electrons. The first kappa shape index (κ1) is 23.2. The van der Waals surface area contributed by atoms with Crippen LogP contribution in [0.5, 0.6) is 0 Å². The summed E-state index contributed by atoms with van der Waals surface area (Å²) in [5, 5.41) is 9.77. The number of guanidine groups is 1. The Labute approximate surface area is 175 Å². The SMILES string of the molecule is CN=C(NCc1cccc(C(=O)NCC2CCCO2)c1)NC(C)CCCC(C)C. The number of hydrogen-bond acceptors (Lipinski definition) is 3. The summed E-state index contributed by atoms with van der Waals surface area (Å²) >= 11 is 0. The molecule has 1 fully saturated rings. The van der Waals surface area contributed by atoms with Gasteiger partial charge in [-0.05, 0) is 49.8 Å². The van der Waals surface area contributed by atoms with Crippen molar-refractivity contribution in [2.24, 2.45) is 10.9 Å². The van der Waals surface area contributed by atoms with E-state index in [1.807, 2.05) is 24.3 Å². The van der Waals surface area contributed by atoms with E-state index in [4.69, 9.17) is 4.74 Å². The molecular formula is C23H38N4O2. The Morgan fingerprint density at radius 1 is 1.24 bits per heavy atom. The summed E-state index contributed by atoms with van der Waals surface area (Å²) in [6.07, 6.45) is 5.84. The molecule has 6 heteroatoms. The maximum Gasteiger partial charge on any atom is 0.251 e. The summed E-state index contributed by atoms with van der Waals surface area (Å²) in [6, 6.07) is 8.08. The summed E-state index contributed by atoms with van der Waals surface area (Å²) in [5.74, 6) is 1.48. The van der Waals surface area contributed by atoms with E-state index in [2.05, 4.69) is 41.7 Å². The van der Waals surface area contributed by atoms with E-state index in [-0.39, 0.29) is 12.0 Å². The zero-order chi connectivity index (χ0) is 21.1. The fraction of sp³-hybridized carbons (Fsp3) is 0.652. The molecule has 0 spiro atoms. The first-order chi connectivity index (χ1) is 14.0. The van der Waals surface area contributed by atoms with E-state index < -0.39 is 0 Å². The van der Waals surface area contributed by atoms with Gasteiger partial charge >= 0.3 is 0 Å². The molecule has 1 aliphatic heterocycles. The van der Waals surface area contributed by atoms with Crippen LogP contribution in [0.3, 0.4) is 0 Å². The minimum atomic E-state index is -0.0522. The predicted octanol–water partition coefficient (Wildman–Crippen LogP) is 3.48. The molecule has 1 aromatic rings. The largest absolute Gasteiger partial charge is 0.376 e. The van der Waals surface area contributed by atoms with Crippen molar-refractivity contribution in [2.45, 2.75) is 71.6 Å². The van der Waals surface area contributed by atoms with E-state index >= 15 is 0 Å². The molecule has 0 bridgehead atoms. The summed E-state index contributed by atoms with van der Waals surface area (Å²) < 4.78 is 5.56. The second-order valence-electron chi connectivity index (χ2n) is 8.34. The molecular weight excluding hydrogens is 364 g/mol. The normalized spacial score (nSPS) is 18.0. The molecule has 1 saturated heterocycles. The third-order valence-corrected chi connectivity index (χ3v) is 5.19. The molecule has 0 saturated carbocycles. The smallest absolute Gasteiger partial charge is 0.251 e. The van der Waals surface area contributed by atoms with E-state index in [9.17, 15) is 4.79 Å². The minimum absolute atomic E-state index is 0.0522. The number of ether oxygens (including phenoxy) is 1. The van der Waals surface area contributed by atoms with Gasteiger partial charge in [0.1, 0.15) is 0 Å². The second-order valence-corrected chi connectivity index (χ2v) is 8.34. The van der Waals surface area contributed by atoms with Gasteiger partial charge in [0.15, 0.2) is 5.96 Å². The second kappa shape index (κ2) is 12.5. The van der Waals surface area contributed by atoms with Gasteiger partial charge in [-0.3, -0.25) is 9.79 Å². The number of rotatable bonds is 10.